The second-order valence-corrected chi connectivity index (χ2v) is 6.66. The van der Waals surface area contributed by atoms with E-state index in [9.17, 15) is 4.79 Å². The number of fused-ring (bicyclic) bond motifs is 1. The first kappa shape index (κ1) is 14.3. The molecule has 0 radical (unpaired) electrons. The van der Waals surface area contributed by atoms with E-state index in [1.807, 2.05) is 0 Å². The highest BCUT2D eigenvalue weighted by Crippen LogP contribution is 2.32. The topological polar surface area (TPSA) is 50.2 Å². The smallest absolute Gasteiger partial charge is 0.308 e. The quantitative estimate of drug-likeness (QED) is 0.932. The van der Waals surface area contributed by atoms with Crippen LogP contribution in [0.3, 0.4) is 0 Å². The molecule has 0 fully saturated rings. The van der Waals surface area contributed by atoms with E-state index in [1.165, 1.54) is 35.3 Å². The van der Waals surface area contributed by atoms with Crippen LogP contribution in [0.4, 0.5) is 0 Å². The van der Waals surface area contributed by atoms with Crippen molar-refractivity contribution in [3.05, 3.63) is 39.2 Å². The lowest BCUT2D eigenvalue weighted by molar-refractivity contribution is -0.136. The van der Waals surface area contributed by atoms with Crippen molar-refractivity contribution in [3.63, 3.8) is 0 Å². The van der Waals surface area contributed by atoms with Crippen LogP contribution >= 0.6 is 11.3 Å². The van der Waals surface area contributed by atoms with E-state index in [0.717, 1.165) is 40.4 Å². The molecule has 1 aromatic heterocycles. The van der Waals surface area contributed by atoms with Gasteiger partial charge in [0.25, 0.3) is 0 Å². The van der Waals surface area contributed by atoms with Gasteiger partial charge in [0.05, 0.1) is 17.1 Å². The third-order valence-electron chi connectivity index (χ3n) is 3.98. The third-order valence-corrected chi connectivity index (χ3v) is 5.18. The van der Waals surface area contributed by atoms with Crippen molar-refractivity contribution >= 4 is 17.3 Å². The number of hydrogen-bond donors (Lipinski definition) is 1. The molecule has 2 aromatic rings. The number of aromatic nitrogens is 1. The zero-order valence-electron chi connectivity index (χ0n) is 12.2. The molecule has 3 nitrogen and oxygen atoms in total. The number of aliphatic carboxylic acids is 1. The number of carboxylic acid groups (broad SMARTS) is 1. The van der Waals surface area contributed by atoms with Crippen LogP contribution in [0.1, 0.15) is 40.8 Å². The molecule has 4 heteroatoms. The highest BCUT2D eigenvalue weighted by Gasteiger charge is 2.17. The maximum atomic E-state index is 11.1. The fraction of sp³-hybridized carbons (Fsp3) is 0.412. The van der Waals surface area contributed by atoms with E-state index in [1.54, 1.807) is 0 Å². The number of aryl methyl sites for hydroxylation is 3. The predicted octanol–water partition coefficient (Wildman–Crippen LogP) is 3.88. The molecule has 0 saturated heterocycles. The molecule has 0 atom stereocenters. The fourth-order valence-electron chi connectivity index (χ4n) is 2.92. The zero-order chi connectivity index (χ0) is 14.8. The first-order chi connectivity index (χ1) is 10.2. The number of hydrogen-bond acceptors (Lipinski definition) is 3. The van der Waals surface area contributed by atoms with E-state index >= 15 is 0 Å². The number of rotatable bonds is 4. The van der Waals surface area contributed by atoms with Gasteiger partial charge in [-0.25, -0.2) is 4.98 Å². The summed E-state index contributed by atoms with van der Waals surface area (Å²) in [5.74, 6) is -0.791. The predicted molar refractivity (Wildman–Crippen MR) is 84.9 cm³/mol. The van der Waals surface area contributed by atoms with E-state index < -0.39 is 5.97 Å². The lowest BCUT2D eigenvalue weighted by Crippen LogP contribution is -2.03. The van der Waals surface area contributed by atoms with Gasteiger partial charge in [0.2, 0.25) is 0 Å². The Kier molecular flexibility index (Phi) is 4.06. The molecule has 1 aliphatic rings. The Morgan fingerprint density at radius 2 is 2.05 bits per heavy atom. The van der Waals surface area contributed by atoms with Crippen molar-refractivity contribution in [2.75, 3.05) is 0 Å². The van der Waals surface area contributed by atoms with E-state index in [2.05, 4.69) is 30.1 Å². The summed E-state index contributed by atoms with van der Waals surface area (Å²) in [6, 6.07) is 6.51. The Hall–Kier alpha value is -1.68. The summed E-state index contributed by atoms with van der Waals surface area (Å²) in [5.41, 5.74) is 4.79. The normalized spacial score (nSPS) is 14.0. The van der Waals surface area contributed by atoms with Crippen LogP contribution in [-0.2, 0) is 30.5 Å². The third kappa shape index (κ3) is 3.00. The molecule has 3 rings (SSSR count). The summed E-state index contributed by atoms with van der Waals surface area (Å²) < 4.78 is 0. The minimum Gasteiger partial charge on any atom is -0.481 e. The molecule has 0 aliphatic heterocycles. The van der Waals surface area contributed by atoms with Crippen molar-refractivity contribution in [1.29, 1.82) is 0 Å². The molecular weight excluding hydrogens is 282 g/mol. The van der Waals surface area contributed by atoms with E-state index in [4.69, 9.17) is 5.11 Å². The first-order valence-corrected chi connectivity index (χ1v) is 8.31. The number of carbonyl (C=O) groups is 1. The van der Waals surface area contributed by atoms with Crippen LogP contribution in [0, 0.1) is 0 Å². The molecule has 0 bridgehead atoms. The van der Waals surface area contributed by atoms with E-state index in [0.29, 0.717) is 0 Å². The minimum absolute atomic E-state index is 0.0596. The molecule has 1 N–H and O–H groups in total. The molecule has 21 heavy (non-hydrogen) atoms. The van der Waals surface area contributed by atoms with Crippen LogP contribution in [0.25, 0.3) is 11.3 Å². The number of carboxylic acids is 1. The Bertz CT molecular complexity index is 675. The highest BCUT2D eigenvalue weighted by molar-refractivity contribution is 7.12. The van der Waals surface area contributed by atoms with Crippen LogP contribution in [0.15, 0.2) is 18.2 Å². The molecule has 1 aromatic carbocycles. The van der Waals surface area contributed by atoms with Gasteiger partial charge in [0.1, 0.15) is 0 Å². The molecule has 0 saturated carbocycles. The first-order valence-electron chi connectivity index (χ1n) is 7.50. The fourth-order valence-corrected chi connectivity index (χ4v) is 3.94. The van der Waals surface area contributed by atoms with Gasteiger partial charge in [0.15, 0.2) is 0 Å². The Labute approximate surface area is 128 Å². The average Bonchev–Trinajstić information content (AvgIpc) is 2.89. The lowest BCUT2D eigenvalue weighted by Gasteiger charge is -2.16. The van der Waals surface area contributed by atoms with Gasteiger partial charge < -0.3 is 5.11 Å². The Morgan fingerprint density at radius 1 is 1.29 bits per heavy atom. The van der Waals surface area contributed by atoms with Gasteiger partial charge in [-0.3, -0.25) is 4.79 Å². The largest absolute Gasteiger partial charge is 0.481 e. The molecule has 0 amide bonds. The van der Waals surface area contributed by atoms with Gasteiger partial charge in [-0.15, -0.1) is 11.3 Å². The van der Waals surface area contributed by atoms with Crippen molar-refractivity contribution in [2.45, 2.75) is 45.4 Å². The summed E-state index contributed by atoms with van der Waals surface area (Å²) in [6.07, 6.45) is 5.71. The Balaban J connectivity index is 2.02. The minimum atomic E-state index is -0.791. The van der Waals surface area contributed by atoms with Gasteiger partial charge in [-0.2, -0.15) is 0 Å². The summed E-state index contributed by atoms with van der Waals surface area (Å²) in [4.78, 5) is 16.6. The summed E-state index contributed by atoms with van der Waals surface area (Å²) in [6.45, 7) is 2.06. The highest BCUT2D eigenvalue weighted by atomic mass is 32.1. The van der Waals surface area contributed by atoms with Crippen molar-refractivity contribution in [2.24, 2.45) is 0 Å². The van der Waals surface area contributed by atoms with Gasteiger partial charge in [-0.1, -0.05) is 19.1 Å². The molecule has 1 aliphatic carbocycles. The SMILES string of the molecule is CCc1nc(-c2ccc3c(c2)CCCC3)c(CC(=O)O)s1. The number of benzene rings is 1. The monoisotopic (exact) mass is 301 g/mol. The van der Waals surface area contributed by atoms with Gasteiger partial charge in [0, 0.05) is 10.4 Å². The maximum absolute atomic E-state index is 11.1. The number of thiazole rings is 1. The van der Waals surface area contributed by atoms with Crippen LogP contribution in [0.2, 0.25) is 0 Å². The molecule has 0 unspecified atom stereocenters. The van der Waals surface area contributed by atoms with Crippen LogP contribution in [-0.4, -0.2) is 16.1 Å². The van der Waals surface area contributed by atoms with Crippen molar-refractivity contribution < 1.29 is 9.90 Å². The Morgan fingerprint density at radius 3 is 2.76 bits per heavy atom. The van der Waals surface area contributed by atoms with Crippen molar-refractivity contribution in [1.82, 2.24) is 4.98 Å². The second-order valence-electron chi connectivity index (χ2n) is 5.49. The number of nitrogens with zero attached hydrogens (tertiary/aromatic N) is 1. The van der Waals surface area contributed by atoms with E-state index in [-0.39, 0.29) is 6.42 Å². The molecule has 1 heterocycles. The second kappa shape index (κ2) is 5.98. The molecular formula is C17H19NO2S. The van der Waals surface area contributed by atoms with Crippen LogP contribution in [0.5, 0.6) is 0 Å². The summed E-state index contributed by atoms with van der Waals surface area (Å²) in [5, 5.41) is 10.1. The molecule has 110 valence electrons. The summed E-state index contributed by atoms with van der Waals surface area (Å²) >= 11 is 1.53. The zero-order valence-corrected chi connectivity index (χ0v) is 13.0. The van der Waals surface area contributed by atoms with Crippen molar-refractivity contribution in [3.8, 4) is 11.3 Å². The average molecular weight is 301 g/mol. The van der Waals surface area contributed by atoms with Crippen LogP contribution < -0.4 is 0 Å². The maximum Gasteiger partial charge on any atom is 0.308 e. The summed E-state index contributed by atoms with van der Waals surface area (Å²) in [7, 11) is 0. The van der Waals surface area contributed by atoms with Gasteiger partial charge in [-0.05, 0) is 49.3 Å². The lowest BCUT2D eigenvalue weighted by atomic mass is 9.90. The molecule has 0 spiro atoms. The standard InChI is InChI=1S/C17H19NO2S/c1-2-15-18-17(14(21-15)10-16(19)20)13-8-7-11-5-3-4-6-12(11)9-13/h7-9H,2-6,10H2,1H3,(H,19,20). The van der Waals surface area contributed by atoms with Gasteiger partial charge >= 0.3 is 5.97 Å².